The fourth-order valence-electron chi connectivity index (χ4n) is 2.72. The van der Waals surface area contributed by atoms with E-state index in [2.05, 4.69) is 15.9 Å². The van der Waals surface area contributed by atoms with Crippen LogP contribution in [-0.2, 0) is 20.4 Å². The number of alkyl halides is 3. The lowest BCUT2D eigenvalue weighted by atomic mass is 9.82. The number of nitrogens with two attached hydrogens (primary N) is 1. The molecule has 0 fully saturated rings. The van der Waals surface area contributed by atoms with E-state index in [-0.39, 0.29) is 39.4 Å². The fourth-order valence-corrected chi connectivity index (χ4v) is 3.20. The largest absolute Gasteiger partial charge is 0.507 e. The van der Waals surface area contributed by atoms with Crippen molar-refractivity contribution >= 4 is 21.9 Å². The van der Waals surface area contributed by atoms with Gasteiger partial charge in [0.1, 0.15) is 23.2 Å². The van der Waals surface area contributed by atoms with Gasteiger partial charge in [0.05, 0.1) is 23.7 Å². The van der Waals surface area contributed by atoms with Crippen LogP contribution in [-0.4, -0.2) is 17.7 Å². The first-order valence-electron chi connectivity index (χ1n) is 7.57. The Morgan fingerprint density at radius 3 is 2.63 bits per heavy atom. The molecule has 0 saturated heterocycles. The molecular weight excluding hydrogens is 433 g/mol. The van der Waals surface area contributed by atoms with Gasteiger partial charge < -0.3 is 20.3 Å². The molecule has 3 N–H and O–H groups in total. The fraction of sp³-hybridized carbons (Fsp3) is 0.294. The average molecular weight is 447 g/mol. The van der Waals surface area contributed by atoms with Crippen LogP contribution in [0.25, 0.3) is 0 Å². The van der Waals surface area contributed by atoms with Gasteiger partial charge in [0.2, 0.25) is 5.88 Å². The lowest BCUT2D eigenvalue weighted by molar-refractivity contribution is -0.139. The number of hydrogen-bond acceptors (Lipinski definition) is 6. The van der Waals surface area contributed by atoms with Crippen LogP contribution in [0.3, 0.4) is 0 Å². The van der Waals surface area contributed by atoms with Crippen molar-refractivity contribution in [2.45, 2.75) is 25.9 Å². The monoisotopic (exact) mass is 446 g/mol. The molecule has 0 radical (unpaired) electrons. The number of nitrogens with zero attached hydrogens (tertiary/aromatic N) is 1. The summed E-state index contributed by atoms with van der Waals surface area (Å²) in [5, 5.41) is 19.7. The standard InChI is InChI=1S/C17H14BrF3N2O4/c1-3-26-16(25)12-7(2)27-15(23)10(6-22)13(12)9-4-8(18)5-11(14(9)24)17(19,20)21/h4-5,13,24H,3,23H2,1-2H3. The molecule has 6 nitrogen and oxygen atoms in total. The number of allylic oxidation sites excluding steroid dienone is 2. The van der Waals surface area contributed by atoms with Crippen LogP contribution in [0, 0.1) is 11.3 Å². The number of phenols is 1. The number of aromatic hydroxyl groups is 1. The second kappa shape index (κ2) is 7.52. The number of halogens is 4. The number of carbonyl (C=O) groups is 1. The molecule has 1 aromatic carbocycles. The van der Waals surface area contributed by atoms with E-state index < -0.39 is 29.4 Å². The molecule has 1 aliphatic heterocycles. The van der Waals surface area contributed by atoms with Crippen molar-refractivity contribution in [1.82, 2.24) is 0 Å². The number of esters is 1. The number of nitriles is 1. The Hall–Kier alpha value is -2.67. The SMILES string of the molecule is CCOC(=O)C1=C(C)OC(N)=C(C#N)C1c1cc(Br)cc(C(F)(F)F)c1O. The van der Waals surface area contributed by atoms with Crippen LogP contribution in [0.4, 0.5) is 13.2 Å². The van der Waals surface area contributed by atoms with Gasteiger partial charge in [-0.25, -0.2) is 4.79 Å². The molecule has 0 saturated carbocycles. The molecule has 27 heavy (non-hydrogen) atoms. The molecule has 0 aliphatic carbocycles. The highest BCUT2D eigenvalue weighted by molar-refractivity contribution is 9.10. The Morgan fingerprint density at radius 1 is 1.48 bits per heavy atom. The first-order chi connectivity index (χ1) is 12.5. The molecule has 0 aromatic heterocycles. The maximum Gasteiger partial charge on any atom is 0.420 e. The Kier molecular flexibility index (Phi) is 5.75. The van der Waals surface area contributed by atoms with Crippen LogP contribution in [0.15, 0.2) is 39.4 Å². The van der Waals surface area contributed by atoms with Gasteiger partial charge in [-0.05, 0) is 26.0 Å². The van der Waals surface area contributed by atoms with E-state index >= 15 is 0 Å². The summed E-state index contributed by atoms with van der Waals surface area (Å²) in [6.07, 6.45) is -4.86. The molecule has 1 atom stereocenters. The summed E-state index contributed by atoms with van der Waals surface area (Å²) in [6, 6.07) is 3.61. The Labute approximate surface area is 160 Å². The predicted molar refractivity (Wildman–Crippen MR) is 90.8 cm³/mol. The summed E-state index contributed by atoms with van der Waals surface area (Å²) in [4.78, 5) is 12.4. The minimum Gasteiger partial charge on any atom is -0.507 e. The number of hydrogen-bond donors (Lipinski definition) is 2. The van der Waals surface area contributed by atoms with Gasteiger partial charge in [-0.15, -0.1) is 0 Å². The molecule has 10 heteroatoms. The van der Waals surface area contributed by atoms with Gasteiger partial charge in [0, 0.05) is 10.0 Å². The summed E-state index contributed by atoms with van der Waals surface area (Å²) in [7, 11) is 0. The zero-order chi connectivity index (χ0) is 20.5. The van der Waals surface area contributed by atoms with Crippen molar-refractivity contribution in [2.75, 3.05) is 6.61 Å². The van der Waals surface area contributed by atoms with Crippen molar-refractivity contribution < 1.29 is 32.5 Å². The zero-order valence-corrected chi connectivity index (χ0v) is 15.7. The number of benzene rings is 1. The summed E-state index contributed by atoms with van der Waals surface area (Å²) in [5.41, 5.74) is 3.50. The highest BCUT2D eigenvalue weighted by Crippen LogP contribution is 2.47. The van der Waals surface area contributed by atoms with Crippen molar-refractivity contribution in [3.8, 4) is 11.8 Å². The normalized spacial score (nSPS) is 17.4. The van der Waals surface area contributed by atoms with E-state index in [1.165, 1.54) is 13.0 Å². The van der Waals surface area contributed by atoms with E-state index in [0.29, 0.717) is 6.07 Å². The zero-order valence-electron chi connectivity index (χ0n) is 14.1. The second-order valence-corrected chi connectivity index (χ2v) is 6.42. The minimum atomic E-state index is -4.86. The molecule has 0 spiro atoms. The smallest absolute Gasteiger partial charge is 0.420 e. The van der Waals surface area contributed by atoms with Crippen LogP contribution < -0.4 is 5.73 Å². The van der Waals surface area contributed by atoms with Gasteiger partial charge >= 0.3 is 12.1 Å². The number of ether oxygens (including phenoxy) is 2. The Bertz CT molecular complexity index is 901. The van der Waals surface area contributed by atoms with Gasteiger partial charge in [-0.3, -0.25) is 0 Å². The highest BCUT2D eigenvalue weighted by atomic mass is 79.9. The molecule has 1 aromatic rings. The van der Waals surface area contributed by atoms with Gasteiger partial charge in [0.15, 0.2) is 0 Å². The first kappa shape index (κ1) is 20.6. The number of phenolic OH excluding ortho intramolecular Hbond substituents is 1. The topological polar surface area (TPSA) is 106 Å². The lowest BCUT2D eigenvalue weighted by Gasteiger charge is -2.28. The van der Waals surface area contributed by atoms with Gasteiger partial charge in [0.25, 0.3) is 0 Å². The van der Waals surface area contributed by atoms with E-state index in [1.807, 2.05) is 0 Å². The van der Waals surface area contributed by atoms with E-state index in [0.717, 1.165) is 0 Å². The molecule has 0 bridgehead atoms. The summed E-state index contributed by atoms with van der Waals surface area (Å²) in [5.74, 6) is -3.81. The van der Waals surface area contributed by atoms with E-state index in [9.17, 15) is 28.3 Å². The average Bonchev–Trinajstić information content (AvgIpc) is 2.55. The summed E-state index contributed by atoms with van der Waals surface area (Å²) >= 11 is 2.96. The second-order valence-electron chi connectivity index (χ2n) is 5.50. The molecule has 1 aliphatic rings. The van der Waals surface area contributed by atoms with Crippen molar-refractivity contribution in [3.05, 3.63) is 50.5 Å². The third kappa shape index (κ3) is 3.88. The predicted octanol–water partition coefficient (Wildman–Crippen LogP) is 3.82. The highest BCUT2D eigenvalue weighted by Gasteiger charge is 2.41. The Balaban J connectivity index is 2.82. The molecule has 2 rings (SSSR count). The van der Waals surface area contributed by atoms with Crippen molar-refractivity contribution in [2.24, 2.45) is 5.73 Å². The third-order valence-corrected chi connectivity index (χ3v) is 4.28. The maximum absolute atomic E-state index is 13.3. The summed E-state index contributed by atoms with van der Waals surface area (Å²) < 4.78 is 49.9. The Morgan fingerprint density at radius 2 is 2.11 bits per heavy atom. The van der Waals surface area contributed by atoms with E-state index in [1.54, 1.807) is 13.0 Å². The minimum absolute atomic E-state index is 0.00848. The van der Waals surface area contributed by atoms with Crippen LogP contribution in [0.2, 0.25) is 0 Å². The number of rotatable bonds is 3. The van der Waals surface area contributed by atoms with Gasteiger partial charge in [-0.1, -0.05) is 15.9 Å². The van der Waals surface area contributed by atoms with Crippen LogP contribution in [0.1, 0.15) is 30.9 Å². The molecule has 1 heterocycles. The van der Waals surface area contributed by atoms with Crippen molar-refractivity contribution in [3.63, 3.8) is 0 Å². The van der Waals surface area contributed by atoms with Crippen molar-refractivity contribution in [1.29, 1.82) is 5.26 Å². The van der Waals surface area contributed by atoms with Crippen LogP contribution in [0.5, 0.6) is 5.75 Å². The maximum atomic E-state index is 13.3. The molecule has 0 amide bonds. The molecule has 144 valence electrons. The first-order valence-corrected chi connectivity index (χ1v) is 8.37. The molecular formula is C17H14BrF3N2O4. The molecule has 1 unspecified atom stereocenters. The van der Waals surface area contributed by atoms with E-state index in [4.69, 9.17) is 15.2 Å². The number of carbonyl (C=O) groups excluding carboxylic acids is 1. The summed E-state index contributed by atoms with van der Waals surface area (Å²) in [6.45, 7) is 2.89. The van der Waals surface area contributed by atoms with Gasteiger partial charge in [-0.2, -0.15) is 18.4 Å². The quantitative estimate of drug-likeness (QED) is 0.683. The third-order valence-electron chi connectivity index (χ3n) is 3.82. The van der Waals surface area contributed by atoms with Crippen LogP contribution >= 0.6 is 15.9 Å². The lowest BCUT2D eigenvalue weighted by Crippen LogP contribution is -2.26.